The van der Waals surface area contributed by atoms with Crippen LogP contribution in [0.5, 0.6) is 0 Å². The Balaban J connectivity index is 2.77. The molecule has 0 bridgehead atoms. The van der Waals surface area contributed by atoms with Gasteiger partial charge in [0.1, 0.15) is 0 Å². The van der Waals surface area contributed by atoms with Gasteiger partial charge in [0.25, 0.3) is 0 Å². The van der Waals surface area contributed by atoms with Gasteiger partial charge in [-0.05, 0) is 39.4 Å². The van der Waals surface area contributed by atoms with Crippen LogP contribution in [0, 0.1) is 0 Å². The summed E-state index contributed by atoms with van der Waals surface area (Å²) in [5.74, 6) is -0.0482. The van der Waals surface area contributed by atoms with E-state index in [0.29, 0.717) is 5.69 Å². The molecule has 20 heavy (non-hydrogen) atoms. The number of rotatable bonds is 8. The molecule has 1 unspecified atom stereocenters. The molecule has 0 saturated heterocycles. The van der Waals surface area contributed by atoms with E-state index in [4.69, 9.17) is 4.74 Å². The largest absolute Gasteiger partial charge is 0.378 e. The molecule has 1 rings (SSSR count). The van der Waals surface area contributed by atoms with Crippen LogP contribution in [0.15, 0.2) is 24.3 Å². The zero-order chi connectivity index (χ0) is 15.2. The average molecular weight is 300 g/mol. The molecule has 5 nitrogen and oxygen atoms in total. The molecule has 1 aromatic carbocycles. The van der Waals surface area contributed by atoms with Crippen molar-refractivity contribution in [3.63, 3.8) is 0 Å². The highest BCUT2D eigenvalue weighted by Crippen LogP contribution is 2.23. The molecule has 0 amide bonds. The van der Waals surface area contributed by atoms with Crippen molar-refractivity contribution in [2.45, 2.75) is 32.9 Å². The summed E-state index contributed by atoms with van der Waals surface area (Å²) in [6.07, 6.45) is 0.0294. The van der Waals surface area contributed by atoms with Crippen molar-refractivity contribution in [1.29, 1.82) is 0 Å². The first-order chi connectivity index (χ1) is 9.35. The smallest absolute Gasteiger partial charge is 0.235 e. The van der Waals surface area contributed by atoms with E-state index in [0.717, 1.165) is 5.56 Å². The minimum absolute atomic E-state index is 0.0294. The Labute approximate surface area is 121 Å². The maximum atomic E-state index is 12.0. The Morgan fingerprint density at radius 3 is 2.45 bits per heavy atom. The van der Waals surface area contributed by atoms with Crippen LogP contribution >= 0.6 is 0 Å². The molecule has 0 fully saturated rings. The molecule has 0 saturated carbocycles. The average Bonchev–Trinajstić information content (AvgIpc) is 2.37. The summed E-state index contributed by atoms with van der Waals surface area (Å²) in [6.45, 7) is 5.93. The molecule has 1 aromatic rings. The molecule has 0 aliphatic heterocycles. The van der Waals surface area contributed by atoms with Gasteiger partial charge in [-0.1, -0.05) is 18.2 Å². The molecule has 0 aliphatic carbocycles. The highest BCUT2D eigenvalue weighted by atomic mass is 32.2. The van der Waals surface area contributed by atoms with Crippen molar-refractivity contribution in [3.8, 4) is 0 Å². The first kappa shape index (κ1) is 16.9. The van der Waals surface area contributed by atoms with Gasteiger partial charge < -0.3 is 10.1 Å². The third-order valence-electron chi connectivity index (χ3n) is 2.93. The topological polar surface area (TPSA) is 67.4 Å². The molecule has 0 aliphatic rings. The fourth-order valence-electron chi connectivity index (χ4n) is 1.74. The summed E-state index contributed by atoms with van der Waals surface area (Å²) in [6, 6.07) is 7.45. The lowest BCUT2D eigenvalue weighted by atomic mass is 10.1. The number of hydrogen-bond acceptors (Lipinski definition) is 4. The first-order valence-electron chi connectivity index (χ1n) is 6.74. The molecular formula is C14H24N2O3S. The fraction of sp³-hybridized carbons (Fsp3) is 0.571. The van der Waals surface area contributed by atoms with E-state index in [1.165, 1.54) is 0 Å². The molecule has 0 heterocycles. The van der Waals surface area contributed by atoms with Crippen LogP contribution in [-0.2, 0) is 14.8 Å². The number of benzene rings is 1. The fourth-order valence-corrected chi connectivity index (χ4v) is 2.67. The van der Waals surface area contributed by atoms with E-state index in [9.17, 15) is 8.42 Å². The maximum Gasteiger partial charge on any atom is 0.235 e. The monoisotopic (exact) mass is 300 g/mol. The van der Waals surface area contributed by atoms with Crippen molar-refractivity contribution in [2.24, 2.45) is 0 Å². The minimum Gasteiger partial charge on any atom is -0.378 e. The van der Waals surface area contributed by atoms with E-state index in [1.807, 2.05) is 46.0 Å². The zero-order valence-corrected chi connectivity index (χ0v) is 13.3. The second-order valence-electron chi connectivity index (χ2n) is 4.94. The Morgan fingerprint density at radius 2 is 1.85 bits per heavy atom. The highest BCUT2D eigenvalue weighted by Gasteiger charge is 2.15. The van der Waals surface area contributed by atoms with Crippen LogP contribution in [0.2, 0.25) is 0 Å². The van der Waals surface area contributed by atoms with Crippen molar-refractivity contribution in [3.05, 3.63) is 29.8 Å². The van der Waals surface area contributed by atoms with Gasteiger partial charge in [-0.2, -0.15) is 0 Å². The molecule has 2 N–H and O–H groups in total. The predicted octanol–water partition coefficient (Wildman–Crippen LogP) is 2.13. The molecule has 0 spiro atoms. The summed E-state index contributed by atoms with van der Waals surface area (Å²) >= 11 is 0. The van der Waals surface area contributed by atoms with Crippen LogP contribution in [0.25, 0.3) is 0 Å². The lowest BCUT2D eigenvalue weighted by molar-refractivity contribution is 0.0913. The highest BCUT2D eigenvalue weighted by molar-refractivity contribution is 7.92. The quantitative estimate of drug-likeness (QED) is 0.772. The van der Waals surface area contributed by atoms with Crippen LogP contribution in [0.4, 0.5) is 5.69 Å². The SMILES string of the molecule is CNC(C)c1ccccc1NS(=O)(=O)CCOC(C)C. The van der Waals surface area contributed by atoms with Gasteiger partial charge in [0.05, 0.1) is 24.2 Å². The second-order valence-corrected chi connectivity index (χ2v) is 6.78. The van der Waals surface area contributed by atoms with Crippen molar-refractivity contribution < 1.29 is 13.2 Å². The third-order valence-corrected chi connectivity index (χ3v) is 4.16. The van der Waals surface area contributed by atoms with Gasteiger partial charge >= 0.3 is 0 Å². The summed E-state index contributed by atoms with van der Waals surface area (Å²) < 4.78 is 32.0. The van der Waals surface area contributed by atoms with Gasteiger partial charge in [0.15, 0.2) is 0 Å². The van der Waals surface area contributed by atoms with Gasteiger partial charge in [-0.25, -0.2) is 8.42 Å². The Bertz CT molecular complexity index is 515. The van der Waals surface area contributed by atoms with Crippen LogP contribution in [0.1, 0.15) is 32.4 Å². The van der Waals surface area contributed by atoms with Crippen LogP contribution in [0.3, 0.4) is 0 Å². The standard InChI is InChI=1S/C14H24N2O3S/c1-11(2)19-9-10-20(17,18)16-14-8-6-5-7-13(14)12(3)15-4/h5-8,11-12,15-16H,9-10H2,1-4H3. The van der Waals surface area contributed by atoms with Gasteiger partial charge in [0.2, 0.25) is 10.0 Å². The summed E-state index contributed by atoms with van der Waals surface area (Å²) in [7, 11) is -1.56. The van der Waals surface area contributed by atoms with Crippen LogP contribution in [-0.4, -0.2) is 33.9 Å². The maximum absolute atomic E-state index is 12.0. The van der Waals surface area contributed by atoms with Crippen molar-refractivity contribution >= 4 is 15.7 Å². The Hall–Kier alpha value is -1.11. The number of sulfonamides is 1. The molecular weight excluding hydrogens is 276 g/mol. The zero-order valence-electron chi connectivity index (χ0n) is 12.5. The summed E-state index contributed by atoms with van der Waals surface area (Å²) in [5, 5.41) is 3.11. The lowest BCUT2D eigenvalue weighted by Gasteiger charge is -2.17. The van der Waals surface area contributed by atoms with E-state index in [2.05, 4.69) is 10.0 Å². The van der Waals surface area contributed by atoms with Gasteiger partial charge in [-0.15, -0.1) is 0 Å². The molecule has 6 heteroatoms. The Kier molecular flexibility index (Phi) is 6.45. The molecule has 1 atom stereocenters. The third kappa shape index (κ3) is 5.48. The number of hydrogen-bond donors (Lipinski definition) is 2. The van der Waals surface area contributed by atoms with E-state index < -0.39 is 10.0 Å². The first-order valence-corrected chi connectivity index (χ1v) is 8.39. The van der Waals surface area contributed by atoms with E-state index in [-0.39, 0.29) is 24.5 Å². The number of ether oxygens (including phenoxy) is 1. The summed E-state index contributed by atoms with van der Waals surface area (Å²) in [4.78, 5) is 0. The minimum atomic E-state index is -3.40. The van der Waals surface area contributed by atoms with Crippen molar-refractivity contribution in [1.82, 2.24) is 5.32 Å². The van der Waals surface area contributed by atoms with Crippen molar-refractivity contribution in [2.75, 3.05) is 24.1 Å². The predicted molar refractivity (Wildman–Crippen MR) is 82.4 cm³/mol. The second kappa shape index (κ2) is 7.61. The van der Waals surface area contributed by atoms with Gasteiger partial charge in [-0.3, -0.25) is 4.72 Å². The van der Waals surface area contributed by atoms with Gasteiger partial charge in [0, 0.05) is 6.04 Å². The van der Waals surface area contributed by atoms with E-state index in [1.54, 1.807) is 6.07 Å². The van der Waals surface area contributed by atoms with Crippen LogP contribution < -0.4 is 10.0 Å². The number of para-hydroxylation sites is 1. The molecule has 114 valence electrons. The normalized spacial score (nSPS) is 13.4. The Morgan fingerprint density at radius 1 is 1.20 bits per heavy atom. The lowest BCUT2D eigenvalue weighted by Crippen LogP contribution is -2.23. The van der Waals surface area contributed by atoms with E-state index >= 15 is 0 Å². The number of nitrogens with one attached hydrogen (secondary N) is 2. The molecule has 0 radical (unpaired) electrons. The number of anilines is 1. The summed E-state index contributed by atoms with van der Waals surface area (Å²) in [5.41, 5.74) is 1.53. The molecule has 0 aromatic heterocycles.